The van der Waals surface area contributed by atoms with Crippen LogP contribution in [0.25, 0.3) is 0 Å². The van der Waals surface area contributed by atoms with Gasteiger partial charge in [0.05, 0.1) is 179 Å². The topological polar surface area (TPSA) is 399 Å². The summed E-state index contributed by atoms with van der Waals surface area (Å²) < 4.78 is 166. The molecular weight excluding hydrogens is 1920 g/mol. The first-order valence-corrected chi connectivity index (χ1v) is 52.8. The van der Waals surface area contributed by atoms with Crippen LogP contribution in [0.3, 0.4) is 0 Å². The van der Waals surface area contributed by atoms with Crippen LogP contribution in [0.1, 0.15) is 167 Å². The maximum atomic E-state index is 12.6. The van der Waals surface area contributed by atoms with E-state index in [1.165, 1.54) is 52.5 Å². The Morgan fingerprint density at radius 1 is 0.372 bits per heavy atom. The zero-order chi connectivity index (χ0) is 104. The Morgan fingerprint density at radius 3 is 1.06 bits per heavy atom. The van der Waals surface area contributed by atoms with Crippen molar-refractivity contribution in [3.05, 3.63) is 179 Å². The molecule has 0 aliphatic carbocycles. The number of para-hydroxylation sites is 2. The van der Waals surface area contributed by atoms with E-state index in [-0.39, 0.29) is 102 Å². The third-order valence-electron chi connectivity index (χ3n) is 26.0. The van der Waals surface area contributed by atoms with Gasteiger partial charge in [-0.3, -0.25) is 23.7 Å². The van der Waals surface area contributed by atoms with E-state index in [4.69, 9.17) is 85.5 Å². The number of imide groups is 2. The molecule has 796 valence electrons. The minimum atomic E-state index is -4.83. The van der Waals surface area contributed by atoms with Gasteiger partial charge in [-0.25, -0.2) is 18.0 Å². The number of unbranched alkanes of at least 4 members (excludes halogenated alkanes) is 4. The fourth-order valence-electron chi connectivity index (χ4n) is 18.2. The quantitative estimate of drug-likeness (QED) is 0.0107. The number of benzene rings is 4. The molecule has 1 N–H and O–H groups in total. The predicted molar refractivity (Wildman–Crippen MR) is 538 cm³/mol. The molecule has 4 unspecified atom stereocenters. The van der Waals surface area contributed by atoms with Gasteiger partial charge < -0.3 is 99.8 Å². The predicted octanol–water partition coefficient (Wildman–Crippen LogP) is 9.51. The Morgan fingerprint density at radius 2 is 0.690 bits per heavy atom. The molecule has 145 heavy (non-hydrogen) atoms. The van der Waals surface area contributed by atoms with Crippen LogP contribution in [0, 0.1) is 0 Å². The van der Waals surface area contributed by atoms with Gasteiger partial charge in [0.25, 0.3) is 33.7 Å². The number of likely N-dealkylation sites (N-methyl/N-ethyl adjacent to an activating group) is 2. The van der Waals surface area contributed by atoms with Gasteiger partial charge >= 0.3 is 41.5 Å². The molecule has 0 spiro atoms. The minimum absolute atomic E-state index is 0. The van der Waals surface area contributed by atoms with Gasteiger partial charge in [0.2, 0.25) is 11.4 Å². The van der Waals surface area contributed by atoms with Crippen molar-refractivity contribution in [2.24, 2.45) is 0 Å². The van der Waals surface area contributed by atoms with Crippen molar-refractivity contribution in [2.45, 2.75) is 176 Å². The molecule has 6 aliphatic heterocycles. The van der Waals surface area contributed by atoms with Crippen molar-refractivity contribution < 1.29 is 179 Å². The molecule has 0 saturated carbocycles. The second kappa shape index (κ2) is 64.3. The molecule has 2 saturated heterocycles. The van der Waals surface area contributed by atoms with E-state index < -0.39 is 66.6 Å². The standard InChI is InChI=1S/C53H75N3O18S2.C53H76N3O12.Na/c1-6-54-45-18-16-41(75(60,61)62)39-43(45)52(2,22-25-68-31-33-72-37-35-70-29-27-66-4)47(54)13-9-7-10-14-48-53(3,23-26-69-32-34-73-38-36-71-30-28-67-5)44-40-42(76(63,64)65)17-19-46(44)55(48)24-12-8-11-15-51(59)74-56-49(57)20-21-50(56)58;1-6-54-45-19-14-12-17-43(45)52(2,26-29-62-35-37-66-41-39-64-33-31-60-4)47(54)21-9-7-10-22-48-53(3,27-30-63-36-38-67-42-40-65-34-32-61-5)44-18-13-15-20-46(44)55(48)28-16-8-11-23-51(59)68-56-49(57)24-25-50(56)58;/h7,9-10,13-14,16-19,39-40H,6,8,11-12,15,20-38H2,1-5H3,(H-,60,61,62,63,64,65);7,9-10,12-15,17-22H,6,8,11,16,23-42H2,1-5H3;/q;2*+1. The first-order chi connectivity index (χ1) is 69.6. The number of hydrogen-bond acceptors (Lipinski definition) is 31. The maximum absolute atomic E-state index is 12.6. The third kappa shape index (κ3) is 36.5. The summed E-state index contributed by atoms with van der Waals surface area (Å²) in [5.74, 6) is -3.31. The molecule has 4 aromatic rings. The molecule has 10 rings (SSSR count). The summed E-state index contributed by atoms with van der Waals surface area (Å²) in [6.45, 7) is 28.1. The fraction of sp³-hybridized carbons (Fsp3) is 0.585. The first kappa shape index (κ1) is 122. The zero-order valence-corrected chi connectivity index (χ0v) is 90.2. The number of carbonyl (C=O) groups is 6. The Hall–Kier alpha value is -8.34. The van der Waals surface area contributed by atoms with E-state index in [1.54, 1.807) is 40.6 Å². The Balaban J connectivity index is 0.000000354. The minimum Gasteiger partial charge on any atom is -0.744 e. The number of hydroxylamine groups is 4. The Labute approximate surface area is 877 Å². The van der Waals surface area contributed by atoms with Gasteiger partial charge in [-0.1, -0.05) is 72.9 Å². The van der Waals surface area contributed by atoms with Gasteiger partial charge in [-0.05, 0) is 153 Å². The van der Waals surface area contributed by atoms with E-state index in [2.05, 4.69) is 119 Å². The molecule has 0 radical (unpaired) electrons. The maximum Gasteiger partial charge on any atom is 1.00 e. The first-order valence-electron chi connectivity index (χ1n) is 50.0. The van der Waals surface area contributed by atoms with Gasteiger partial charge in [0.1, 0.15) is 23.2 Å². The SMILES string of the molecule is CCN1C(=CC=CC=CC2=[N+](CCCCCC(=O)ON3C(=O)CCC3=O)c3ccc(S(=O)(=O)[O-])cc3C2(C)CCOCCOCCOCCOC)C(C)(CCOCCOCCOCCOC)c2cc(S(=O)(=O)O)ccc21.CCN1C(=CC=CC=CC2=[N+](CCCCCC(=O)ON3C(=O)CCC3=O)c3ccccc3C2(C)CCOCCOCCOCCOC)C(C)(CCOCCOCCOCCOC)c2ccccc21.[Na+]. The number of fused-ring (bicyclic) bond motifs is 4. The summed E-state index contributed by atoms with van der Waals surface area (Å²) in [6, 6.07) is 26.2. The van der Waals surface area contributed by atoms with Crippen LogP contribution in [0.5, 0.6) is 0 Å². The molecular formula is C106H151N6NaO30S2+2. The zero-order valence-electron chi connectivity index (χ0n) is 86.6. The number of rotatable bonds is 72. The molecule has 0 aromatic heterocycles. The second-order valence-electron chi connectivity index (χ2n) is 35.8. The average Bonchev–Trinajstić information content (AvgIpc) is 1.58. The summed E-state index contributed by atoms with van der Waals surface area (Å²) in [7, 11) is -2.83. The van der Waals surface area contributed by atoms with Crippen LogP contribution in [-0.2, 0) is 156 Å². The molecule has 2 fully saturated rings. The van der Waals surface area contributed by atoms with E-state index >= 15 is 0 Å². The van der Waals surface area contributed by atoms with Gasteiger partial charge in [-0.15, -0.1) is 10.1 Å². The van der Waals surface area contributed by atoms with Gasteiger partial charge in [-0.2, -0.15) is 17.6 Å². The van der Waals surface area contributed by atoms with Crippen LogP contribution < -0.4 is 39.4 Å². The number of allylic oxidation sites excluding steroid dienone is 12. The molecule has 6 aliphatic rings. The van der Waals surface area contributed by atoms with Gasteiger partial charge in [0.15, 0.2) is 11.4 Å². The van der Waals surface area contributed by atoms with Gasteiger partial charge in [0, 0.05) is 188 Å². The number of anilines is 2. The normalized spacial score (nSPS) is 19.4. The van der Waals surface area contributed by atoms with E-state index in [0.717, 1.165) is 61.6 Å². The van der Waals surface area contributed by atoms with Crippen LogP contribution in [0.15, 0.2) is 167 Å². The molecule has 4 amide bonds. The summed E-state index contributed by atoms with van der Waals surface area (Å²) >= 11 is 0. The van der Waals surface area contributed by atoms with E-state index in [0.29, 0.717) is 250 Å². The van der Waals surface area contributed by atoms with E-state index in [1.807, 2.05) is 51.2 Å². The van der Waals surface area contributed by atoms with Crippen LogP contribution in [0.2, 0.25) is 0 Å². The number of amides is 4. The fourth-order valence-corrected chi connectivity index (χ4v) is 19.2. The monoisotopic (exact) mass is 2070 g/mol. The third-order valence-corrected chi connectivity index (χ3v) is 27.7. The molecule has 36 nitrogen and oxygen atoms in total. The van der Waals surface area contributed by atoms with Crippen molar-refractivity contribution in [1.82, 2.24) is 10.1 Å². The van der Waals surface area contributed by atoms with E-state index in [9.17, 15) is 54.7 Å². The van der Waals surface area contributed by atoms with Crippen molar-refractivity contribution in [3.63, 3.8) is 0 Å². The summed E-state index contributed by atoms with van der Waals surface area (Å²) in [6.07, 6.45) is 26.7. The average molecular weight is 2080 g/mol. The smallest absolute Gasteiger partial charge is 0.744 e. The Kier molecular flexibility index (Phi) is 54.0. The molecule has 0 bridgehead atoms. The van der Waals surface area contributed by atoms with Crippen molar-refractivity contribution in [2.75, 3.05) is 249 Å². The van der Waals surface area contributed by atoms with Crippen molar-refractivity contribution >= 4 is 90.0 Å². The van der Waals surface area contributed by atoms with Crippen LogP contribution in [0.4, 0.5) is 22.7 Å². The van der Waals surface area contributed by atoms with Crippen LogP contribution >= 0.6 is 0 Å². The summed E-state index contributed by atoms with van der Waals surface area (Å²) in [5.41, 5.74) is 9.59. The number of carbonyl (C=O) groups excluding carboxylic acids is 6. The second-order valence-corrected chi connectivity index (χ2v) is 38.6. The summed E-state index contributed by atoms with van der Waals surface area (Å²) in [5, 5.41) is 1.15. The number of nitrogens with zero attached hydrogens (tertiary/aromatic N) is 6. The molecule has 4 aromatic carbocycles. The summed E-state index contributed by atoms with van der Waals surface area (Å²) in [4.78, 5) is 87.0. The van der Waals surface area contributed by atoms with Crippen molar-refractivity contribution in [3.8, 4) is 0 Å². The van der Waals surface area contributed by atoms with Crippen molar-refractivity contribution in [1.29, 1.82) is 0 Å². The molecule has 39 heteroatoms. The Bertz CT molecular complexity index is 5250. The largest absolute Gasteiger partial charge is 1.00 e. The number of hydrogen-bond donors (Lipinski definition) is 1. The molecule has 6 heterocycles. The number of methoxy groups -OCH3 is 4. The molecule has 4 atom stereocenters. The van der Waals surface area contributed by atoms with Crippen LogP contribution in [-0.4, -0.2) is 332 Å². The number of ether oxygens (including phenoxy) is 16.